The predicted octanol–water partition coefficient (Wildman–Crippen LogP) is 1.50. The van der Waals surface area contributed by atoms with Gasteiger partial charge in [0, 0.05) is 19.0 Å². The summed E-state index contributed by atoms with van der Waals surface area (Å²) in [5, 5.41) is 13.5. The van der Waals surface area contributed by atoms with Gasteiger partial charge in [-0.3, -0.25) is 4.79 Å². The standard InChI is InChI=1S/C12H16N4O3/c1-16(2)12(18)11(17)10(14-15-13)8-4-6-9(19-3)7-5-8/h4-7,10-11,17H,1-3H3/t10-,11-/m1/s1. The fraction of sp³-hybridized carbons (Fsp3) is 0.417. The number of ether oxygens (including phenoxy) is 1. The van der Waals surface area contributed by atoms with Crippen LogP contribution < -0.4 is 4.74 Å². The highest BCUT2D eigenvalue weighted by Crippen LogP contribution is 2.25. The molecule has 1 rings (SSSR count). The van der Waals surface area contributed by atoms with Gasteiger partial charge in [0.25, 0.3) is 5.91 Å². The molecule has 0 aliphatic heterocycles. The Morgan fingerprint density at radius 2 is 2.00 bits per heavy atom. The fourth-order valence-electron chi connectivity index (χ4n) is 1.57. The summed E-state index contributed by atoms with van der Waals surface area (Å²) in [5.41, 5.74) is 9.11. The van der Waals surface area contributed by atoms with Gasteiger partial charge < -0.3 is 14.7 Å². The molecule has 0 saturated heterocycles. The van der Waals surface area contributed by atoms with Crippen molar-refractivity contribution in [3.05, 3.63) is 40.3 Å². The Morgan fingerprint density at radius 3 is 2.42 bits per heavy atom. The van der Waals surface area contributed by atoms with E-state index in [2.05, 4.69) is 10.0 Å². The zero-order valence-electron chi connectivity index (χ0n) is 11.0. The van der Waals surface area contributed by atoms with E-state index in [1.165, 1.54) is 26.1 Å². The van der Waals surface area contributed by atoms with E-state index in [0.29, 0.717) is 11.3 Å². The first kappa shape index (κ1) is 14.8. The number of carbonyl (C=O) groups excluding carboxylic acids is 1. The highest BCUT2D eigenvalue weighted by atomic mass is 16.5. The van der Waals surface area contributed by atoms with E-state index in [-0.39, 0.29) is 0 Å². The van der Waals surface area contributed by atoms with E-state index in [1.807, 2.05) is 0 Å². The van der Waals surface area contributed by atoms with Gasteiger partial charge in [-0.25, -0.2) is 0 Å². The first-order valence-electron chi connectivity index (χ1n) is 5.58. The number of amides is 1. The van der Waals surface area contributed by atoms with Crippen molar-refractivity contribution in [1.29, 1.82) is 0 Å². The Morgan fingerprint density at radius 1 is 1.42 bits per heavy atom. The highest BCUT2D eigenvalue weighted by Gasteiger charge is 2.27. The van der Waals surface area contributed by atoms with E-state index in [4.69, 9.17) is 10.3 Å². The summed E-state index contributed by atoms with van der Waals surface area (Å²) in [7, 11) is 4.57. The molecular formula is C12H16N4O3. The lowest BCUT2D eigenvalue weighted by molar-refractivity contribution is -0.138. The third kappa shape index (κ3) is 3.61. The monoisotopic (exact) mass is 264 g/mol. The van der Waals surface area contributed by atoms with Crippen LogP contribution >= 0.6 is 0 Å². The average Bonchev–Trinajstić information content (AvgIpc) is 2.43. The van der Waals surface area contributed by atoms with Gasteiger partial charge in [0.15, 0.2) is 0 Å². The van der Waals surface area contributed by atoms with Gasteiger partial charge in [0.05, 0.1) is 13.2 Å². The molecule has 0 fully saturated rings. The zero-order valence-corrected chi connectivity index (χ0v) is 11.0. The van der Waals surface area contributed by atoms with Crippen LogP contribution in [0.15, 0.2) is 29.4 Å². The van der Waals surface area contributed by atoms with Crippen molar-refractivity contribution >= 4 is 5.91 Å². The fourth-order valence-corrected chi connectivity index (χ4v) is 1.57. The van der Waals surface area contributed by atoms with Crippen LogP contribution in [0.3, 0.4) is 0 Å². The van der Waals surface area contributed by atoms with Crippen molar-refractivity contribution < 1.29 is 14.6 Å². The molecule has 2 atom stereocenters. The first-order valence-corrected chi connectivity index (χ1v) is 5.58. The first-order chi connectivity index (χ1) is 9.01. The van der Waals surface area contributed by atoms with Crippen LogP contribution in [-0.4, -0.2) is 43.2 Å². The van der Waals surface area contributed by atoms with Gasteiger partial charge in [-0.1, -0.05) is 17.2 Å². The quantitative estimate of drug-likeness (QED) is 0.495. The summed E-state index contributed by atoms with van der Waals surface area (Å²) < 4.78 is 5.01. The number of benzene rings is 1. The summed E-state index contributed by atoms with van der Waals surface area (Å²) in [6.07, 6.45) is -1.42. The SMILES string of the molecule is COc1ccc([C@@H](N=[N+]=[N-])[C@@H](O)C(=O)N(C)C)cc1. The highest BCUT2D eigenvalue weighted by molar-refractivity contribution is 5.81. The number of likely N-dealkylation sites (N-methyl/N-ethyl adjacent to an activating group) is 1. The number of nitrogens with zero attached hydrogens (tertiary/aromatic N) is 4. The molecule has 1 aromatic carbocycles. The van der Waals surface area contributed by atoms with Crippen molar-refractivity contribution in [2.45, 2.75) is 12.1 Å². The molecular weight excluding hydrogens is 248 g/mol. The molecule has 0 spiro atoms. The molecule has 0 unspecified atom stereocenters. The largest absolute Gasteiger partial charge is 0.497 e. The smallest absolute Gasteiger partial charge is 0.251 e. The number of azide groups is 1. The van der Waals surface area contributed by atoms with Gasteiger partial charge >= 0.3 is 0 Å². The lowest BCUT2D eigenvalue weighted by atomic mass is 10.0. The third-order valence-electron chi connectivity index (χ3n) is 2.63. The predicted molar refractivity (Wildman–Crippen MR) is 69.6 cm³/mol. The lowest BCUT2D eigenvalue weighted by Gasteiger charge is -2.21. The topological polar surface area (TPSA) is 98.5 Å². The molecule has 0 saturated carbocycles. The number of aliphatic hydroxyl groups excluding tert-OH is 1. The summed E-state index contributed by atoms with van der Waals surface area (Å²) in [5.74, 6) is 0.116. The molecule has 0 aromatic heterocycles. The Labute approximate surface area is 111 Å². The van der Waals surface area contributed by atoms with E-state index in [9.17, 15) is 9.90 Å². The summed E-state index contributed by atoms with van der Waals surface area (Å²) in [6, 6.07) is 5.66. The van der Waals surface area contributed by atoms with Gasteiger partial charge in [-0.2, -0.15) is 0 Å². The van der Waals surface area contributed by atoms with Crippen LogP contribution in [0.4, 0.5) is 0 Å². The normalized spacial score (nSPS) is 13.1. The molecule has 1 aromatic rings. The van der Waals surface area contributed by atoms with Crippen molar-refractivity contribution in [1.82, 2.24) is 4.90 Å². The van der Waals surface area contributed by atoms with Crippen molar-refractivity contribution in [3.8, 4) is 5.75 Å². The summed E-state index contributed by atoms with van der Waals surface area (Å²) in [6.45, 7) is 0. The number of rotatable bonds is 5. The minimum absolute atomic E-state index is 0.520. The molecule has 7 heteroatoms. The van der Waals surface area contributed by atoms with Crippen LogP contribution in [0.1, 0.15) is 11.6 Å². The number of hydrogen-bond acceptors (Lipinski definition) is 4. The van der Waals surface area contributed by atoms with Crippen molar-refractivity contribution in [2.75, 3.05) is 21.2 Å². The molecule has 1 N–H and O–H groups in total. The molecule has 19 heavy (non-hydrogen) atoms. The average molecular weight is 264 g/mol. The summed E-state index contributed by atoms with van der Waals surface area (Å²) in [4.78, 5) is 15.6. The molecule has 102 valence electrons. The Hall–Kier alpha value is -2.24. The van der Waals surface area contributed by atoms with Gasteiger partial charge in [0.1, 0.15) is 11.9 Å². The van der Waals surface area contributed by atoms with Gasteiger partial charge in [0.2, 0.25) is 0 Å². The van der Waals surface area contributed by atoms with Crippen LogP contribution in [0.5, 0.6) is 5.75 Å². The second kappa shape index (κ2) is 6.63. The van der Waals surface area contributed by atoms with E-state index in [1.54, 1.807) is 24.3 Å². The lowest BCUT2D eigenvalue weighted by Crippen LogP contribution is -2.37. The molecule has 0 radical (unpaired) electrons. The minimum Gasteiger partial charge on any atom is -0.497 e. The maximum atomic E-state index is 11.7. The summed E-state index contributed by atoms with van der Waals surface area (Å²) >= 11 is 0. The second-order valence-electron chi connectivity index (χ2n) is 4.10. The van der Waals surface area contributed by atoms with Crippen LogP contribution in [0.2, 0.25) is 0 Å². The van der Waals surface area contributed by atoms with Gasteiger partial charge in [-0.15, -0.1) is 0 Å². The van der Waals surface area contributed by atoms with Crippen molar-refractivity contribution in [2.24, 2.45) is 5.11 Å². The number of carbonyl (C=O) groups is 1. The molecule has 1 amide bonds. The zero-order chi connectivity index (χ0) is 14.4. The van der Waals surface area contributed by atoms with Gasteiger partial charge in [-0.05, 0) is 23.2 Å². The number of aliphatic hydroxyl groups is 1. The molecule has 0 aliphatic carbocycles. The minimum atomic E-state index is -1.42. The van der Waals surface area contributed by atoms with Crippen LogP contribution in [-0.2, 0) is 4.79 Å². The molecule has 7 nitrogen and oxygen atoms in total. The van der Waals surface area contributed by atoms with Crippen LogP contribution in [0.25, 0.3) is 10.4 Å². The van der Waals surface area contributed by atoms with E-state index >= 15 is 0 Å². The molecule has 0 aliphatic rings. The van der Waals surface area contributed by atoms with Crippen LogP contribution in [0, 0.1) is 0 Å². The Bertz CT molecular complexity index is 480. The van der Waals surface area contributed by atoms with E-state index in [0.717, 1.165) is 0 Å². The Kier molecular flexibility index (Phi) is 5.17. The molecule has 0 heterocycles. The van der Waals surface area contributed by atoms with E-state index < -0.39 is 18.1 Å². The Balaban J connectivity index is 3.05. The molecule has 0 bridgehead atoms. The third-order valence-corrected chi connectivity index (χ3v) is 2.63. The van der Waals surface area contributed by atoms with Crippen molar-refractivity contribution in [3.63, 3.8) is 0 Å². The number of hydrogen-bond donors (Lipinski definition) is 1. The maximum absolute atomic E-state index is 11.7. The number of methoxy groups -OCH3 is 1. The maximum Gasteiger partial charge on any atom is 0.251 e. The second-order valence-corrected chi connectivity index (χ2v) is 4.10.